The molecular formula is C14H24BrN3S. The maximum Gasteiger partial charge on any atom is 0.0766 e. The second-order valence-corrected chi connectivity index (χ2v) is 7.17. The summed E-state index contributed by atoms with van der Waals surface area (Å²) in [5, 5.41) is 8.96. The Kier molecular flexibility index (Phi) is 5.78. The van der Waals surface area contributed by atoms with Gasteiger partial charge in [-0.1, -0.05) is 6.92 Å². The molecule has 19 heavy (non-hydrogen) atoms. The molecule has 1 N–H and O–H groups in total. The molecule has 2 atom stereocenters. The molecule has 1 fully saturated rings. The van der Waals surface area contributed by atoms with Gasteiger partial charge in [0.05, 0.1) is 15.9 Å². The lowest BCUT2D eigenvalue weighted by atomic mass is 10.0. The van der Waals surface area contributed by atoms with E-state index in [1.165, 1.54) is 34.5 Å². The Morgan fingerprint density at radius 2 is 2.32 bits per heavy atom. The Morgan fingerprint density at radius 3 is 2.84 bits per heavy atom. The minimum absolute atomic E-state index is 0.551. The number of rotatable bonds is 6. The largest absolute Gasteiger partial charge is 0.316 e. The van der Waals surface area contributed by atoms with E-state index >= 15 is 0 Å². The third kappa shape index (κ3) is 3.37. The van der Waals surface area contributed by atoms with E-state index in [1.54, 1.807) is 0 Å². The third-order valence-electron chi connectivity index (χ3n) is 3.89. The summed E-state index contributed by atoms with van der Waals surface area (Å²) in [4.78, 5) is 0. The first-order chi connectivity index (χ1) is 9.21. The van der Waals surface area contributed by atoms with Crippen LogP contribution in [0.25, 0.3) is 0 Å². The van der Waals surface area contributed by atoms with E-state index < -0.39 is 0 Å². The summed E-state index contributed by atoms with van der Waals surface area (Å²) in [7, 11) is 2.09. The van der Waals surface area contributed by atoms with Gasteiger partial charge in [-0.3, -0.25) is 4.68 Å². The summed E-state index contributed by atoms with van der Waals surface area (Å²) in [5.74, 6) is 1.32. The molecule has 1 aliphatic heterocycles. The first-order valence-corrected chi connectivity index (χ1v) is 9.08. The fourth-order valence-electron chi connectivity index (χ4n) is 2.76. The lowest BCUT2D eigenvalue weighted by Crippen LogP contribution is -2.37. The average molecular weight is 346 g/mol. The van der Waals surface area contributed by atoms with Crippen molar-refractivity contribution in [2.75, 3.05) is 12.8 Å². The monoisotopic (exact) mass is 345 g/mol. The second kappa shape index (κ2) is 7.14. The average Bonchev–Trinajstić information content (AvgIpc) is 3.04. The van der Waals surface area contributed by atoms with Gasteiger partial charge in [0.1, 0.15) is 0 Å². The number of nitrogens with one attached hydrogen (secondary N) is 1. The van der Waals surface area contributed by atoms with Gasteiger partial charge in [0.25, 0.3) is 0 Å². The van der Waals surface area contributed by atoms with Gasteiger partial charge in [0.15, 0.2) is 0 Å². The summed E-state index contributed by atoms with van der Waals surface area (Å²) in [5.41, 5.74) is 2.54. The highest BCUT2D eigenvalue weighted by Crippen LogP contribution is 2.32. The van der Waals surface area contributed by atoms with Crippen LogP contribution < -0.4 is 5.32 Å². The van der Waals surface area contributed by atoms with Crippen LogP contribution >= 0.6 is 27.7 Å². The molecule has 3 nitrogen and oxygen atoms in total. The van der Waals surface area contributed by atoms with Gasteiger partial charge in [-0.15, -0.1) is 0 Å². The molecule has 2 unspecified atom stereocenters. The van der Waals surface area contributed by atoms with Crippen molar-refractivity contribution in [3.63, 3.8) is 0 Å². The van der Waals surface area contributed by atoms with E-state index in [4.69, 9.17) is 5.10 Å². The van der Waals surface area contributed by atoms with E-state index in [-0.39, 0.29) is 0 Å². The van der Waals surface area contributed by atoms with Crippen molar-refractivity contribution >= 4 is 27.7 Å². The number of aryl methyl sites for hydroxylation is 2. The van der Waals surface area contributed by atoms with Crippen molar-refractivity contribution < 1.29 is 0 Å². The molecule has 5 heteroatoms. The maximum atomic E-state index is 4.70. The minimum atomic E-state index is 0.551. The zero-order chi connectivity index (χ0) is 13.8. The Balaban J connectivity index is 2.18. The first-order valence-electron chi connectivity index (χ1n) is 7.24. The fraction of sp³-hybridized carbons (Fsp3) is 0.786. The predicted molar refractivity (Wildman–Crippen MR) is 87.0 cm³/mol. The molecule has 0 aliphatic carbocycles. The smallest absolute Gasteiger partial charge is 0.0766 e. The van der Waals surface area contributed by atoms with Crippen molar-refractivity contribution in [2.45, 2.75) is 57.4 Å². The fourth-order valence-corrected chi connectivity index (χ4v) is 4.92. The molecule has 0 spiro atoms. The lowest BCUT2D eigenvalue weighted by molar-refractivity contribution is 0.497. The first kappa shape index (κ1) is 15.4. The molecule has 1 aromatic rings. The molecule has 0 saturated carbocycles. The zero-order valence-corrected chi connectivity index (χ0v) is 14.5. The van der Waals surface area contributed by atoms with Crippen LogP contribution in [0.4, 0.5) is 0 Å². The SMILES string of the molecule is CCc1nn(CC)c(CC(NC)C2CCCS2)c1Br. The summed E-state index contributed by atoms with van der Waals surface area (Å²) in [6.07, 6.45) is 4.76. The van der Waals surface area contributed by atoms with Gasteiger partial charge in [-0.05, 0) is 54.9 Å². The molecule has 1 aliphatic rings. The van der Waals surface area contributed by atoms with Gasteiger partial charge in [0.2, 0.25) is 0 Å². The van der Waals surface area contributed by atoms with E-state index in [0.717, 1.165) is 24.6 Å². The van der Waals surface area contributed by atoms with Crippen LogP contribution in [0.15, 0.2) is 4.47 Å². The van der Waals surface area contributed by atoms with E-state index in [1.807, 2.05) is 0 Å². The van der Waals surface area contributed by atoms with Crippen LogP contribution in [-0.4, -0.2) is 33.9 Å². The molecular weight excluding hydrogens is 322 g/mol. The Hall–Kier alpha value is -0.000000000000000111. The van der Waals surface area contributed by atoms with Gasteiger partial charge in [-0.2, -0.15) is 16.9 Å². The van der Waals surface area contributed by atoms with Crippen molar-refractivity contribution in [2.24, 2.45) is 0 Å². The number of halogens is 1. The van der Waals surface area contributed by atoms with Crippen LogP contribution in [0.3, 0.4) is 0 Å². The molecule has 0 amide bonds. The van der Waals surface area contributed by atoms with Crippen LogP contribution in [0.2, 0.25) is 0 Å². The molecule has 0 radical (unpaired) electrons. The number of hydrogen-bond donors (Lipinski definition) is 1. The van der Waals surface area contributed by atoms with Crippen molar-refractivity contribution in [3.05, 3.63) is 15.9 Å². The Labute approximate surface area is 129 Å². The number of likely N-dealkylation sites (N-methyl/N-ethyl adjacent to an activating group) is 1. The summed E-state index contributed by atoms with van der Waals surface area (Å²) in [6.45, 7) is 5.28. The predicted octanol–water partition coefficient (Wildman–Crippen LogP) is 3.25. The molecule has 0 aromatic carbocycles. The van der Waals surface area contributed by atoms with Crippen molar-refractivity contribution in [1.82, 2.24) is 15.1 Å². The Morgan fingerprint density at radius 1 is 1.53 bits per heavy atom. The van der Waals surface area contributed by atoms with Crippen LogP contribution in [0, 0.1) is 0 Å². The number of thioether (sulfide) groups is 1. The highest BCUT2D eigenvalue weighted by Gasteiger charge is 2.27. The van der Waals surface area contributed by atoms with Gasteiger partial charge < -0.3 is 5.32 Å². The molecule has 1 saturated heterocycles. The normalized spacial score (nSPS) is 20.9. The Bertz CT molecular complexity index is 413. The van der Waals surface area contributed by atoms with Gasteiger partial charge in [0, 0.05) is 24.3 Å². The summed E-state index contributed by atoms with van der Waals surface area (Å²) >= 11 is 5.87. The zero-order valence-electron chi connectivity index (χ0n) is 12.1. The third-order valence-corrected chi connectivity index (χ3v) is 6.32. The highest BCUT2D eigenvalue weighted by molar-refractivity contribution is 9.10. The van der Waals surface area contributed by atoms with Crippen molar-refractivity contribution in [1.29, 1.82) is 0 Å². The van der Waals surface area contributed by atoms with E-state index in [0.29, 0.717) is 6.04 Å². The quantitative estimate of drug-likeness (QED) is 0.858. The highest BCUT2D eigenvalue weighted by atomic mass is 79.9. The second-order valence-electron chi connectivity index (χ2n) is 5.03. The van der Waals surface area contributed by atoms with Crippen LogP contribution in [0.5, 0.6) is 0 Å². The molecule has 108 valence electrons. The summed E-state index contributed by atoms with van der Waals surface area (Å²) in [6, 6.07) is 0.551. The number of nitrogens with zero attached hydrogens (tertiary/aromatic N) is 2. The molecule has 2 heterocycles. The summed E-state index contributed by atoms with van der Waals surface area (Å²) < 4.78 is 3.38. The van der Waals surface area contributed by atoms with Crippen LogP contribution in [-0.2, 0) is 19.4 Å². The molecule has 2 rings (SSSR count). The van der Waals surface area contributed by atoms with Gasteiger partial charge in [-0.25, -0.2) is 0 Å². The lowest BCUT2D eigenvalue weighted by Gasteiger charge is -2.22. The van der Waals surface area contributed by atoms with Crippen LogP contribution in [0.1, 0.15) is 38.1 Å². The van der Waals surface area contributed by atoms with E-state index in [9.17, 15) is 0 Å². The van der Waals surface area contributed by atoms with Gasteiger partial charge >= 0.3 is 0 Å². The molecule has 0 bridgehead atoms. The standard InChI is InChI=1S/C14H24BrN3S/c1-4-10-14(15)12(18(5-2)17-10)9-11(16-3)13-7-6-8-19-13/h11,13,16H,4-9H2,1-3H3. The number of hydrogen-bond acceptors (Lipinski definition) is 3. The van der Waals surface area contributed by atoms with E-state index in [2.05, 4.69) is 58.6 Å². The maximum absolute atomic E-state index is 4.70. The number of aromatic nitrogens is 2. The van der Waals surface area contributed by atoms with Crippen molar-refractivity contribution in [3.8, 4) is 0 Å². The minimum Gasteiger partial charge on any atom is -0.316 e. The topological polar surface area (TPSA) is 29.9 Å². The molecule has 1 aromatic heterocycles.